The van der Waals surface area contributed by atoms with Crippen molar-refractivity contribution in [2.75, 3.05) is 23.3 Å². The second-order valence-electron chi connectivity index (χ2n) is 9.58. The maximum absolute atomic E-state index is 13.7. The smallest absolute Gasteiger partial charge is 0.247 e. The Morgan fingerprint density at radius 1 is 0.881 bits per heavy atom. The average molecular weight is 601 g/mol. The van der Waals surface area contributed by atoms with E-state index in [1.165, 1.54) is 20.7 Å². The van der Waals surface area contributed by atoms with Crippen molar-refractivity contribution in [1.29, 1.82) is 0 Å². The molecule has 11 nitrogen and oxygen atoms in total. The minimum atomic E-state index is -0.962. The average Bonchev–Trinajstić information content (AvgIpc) is 3.43. The maximum Gasteiger partial charge on any atom is 0.247 e. The van der Waals surface area contributed by atoms with E-state index < -0.39 is 23.8 Å². The van der Waals surface area contributed by atoms with Gasteiger partial charge in [-0.3, -0.25) is 29.3 Å². The molecular formula is C29H22Cl2N8O3. The van der Waals surface area contributed by atoms with Crippen LogP contribution in [-0.4, -0.2) is 66.7 Å². The van der Waals surface area contributed by atoms with Crippen molar-refractivity contribution in [2.24, 2.45) is 0 Å². The lowest BCUT2D eigenvalue weighted by Gasteiger charge is -2.38. The van der Waals surface area contributed by atoms with Gasteiger partial charge in [-0.15, -0.1) is 5.10 Å². The van der Waals surface area contributed by atoms with Crippen LogP contribution in [0.25, 0.3) is 16.7 Å². The summed E-state index contributed by atoms with van der Waals surface area (Å²) in [7, 11) is 0. The van der Waals surface area contributed by atoms with Crippen LogP contribution in [0.3, 0.4) is 0 Å². The Balaban J connectivity index is 1.29. The molecule has 0 spiro atoms. The minimum Gasteiger partial charge on any atom is -0.324 e. The van der Waals surface area contributed by atoms with Crippen molar-refractivity contribution < 1.29 is 14.4 Å². The van der Waals surface area contributed by atoms with E-state index in [-0.39, 0.29) is 24.7 Å². The predicted molar refractivity (Wildman–Crippen MR) is 158 cm³/mol. The van der Waals surface area contributed by atoms with Gasteiger partial charge in [0.05, 0.1) is 28.6 Å². The van der Waals surface area contributed by atoms with Crippen molar-refractivity contribution in [3.63, 3.8) is 0 Å². The van der Waals surface area contributed by atoms with E-state index in [0.29, 0.717) is 33.1 Å². The number of aromatic nitrogens is 5. The first-order valence-electron chi connectivity index (χ1n) is 12.9. The molecule has 1 N–H and O–H groups in total. The summed E-state index contributed by atoms with van der Waals surface area (Å²) >= 11 is 12.2. The van der Waals surface area contributed by atoms with Crippen LogP contribution in [0.15, 0.2) is 85.3 Å². The second-order valence-corrected chi connectivity index (χ2v) is 10.4. The highest BCUT2D eigenvalue weighted by atomic mass is 35.5. The zero-order chi connectivity index (χ0) is 29.2. The number of nitrogens with one attached hydrogen (secondary N) is 1. The van der Waals surface area contributed by atoms with E-state index in [2.05, 4.69) is 25.6 Å². The molecule has 2 aromatic heterocycles. The highest BCUT2D eigenvalue weighted by molar-refractivity contribution is 6.31. The van der Waals surface area contributed by atoms with Crippen LogP contribution in [0, 0.1) is 0 Å². The molecule has 0 saturated carbocycles. The number of carbonyl (C=O) groups excluding carboxylic acids is 3. The summed E-state index contributed by atoms with van der Waals surface area (Å²) in [6.45, 7) is -0.629. The molecule has 1 saturated heterocycles. The quantitative estimate of drug-likeness (QED) is 0.300. The lowest BCUT2D eigenvalue weighted by atomic mass is 10.0. The summed E-state index contributed by atoms with van der Waals surface area (Å²) in [6.07, 6.45) is 4.85. The molecule has 6 rings (SSSR count). The lowest BCUT2D eigenvalue weighted by Crippen LogP contribution is -2.60. The first kappa shape index (κ1) is 27.3. The van der Waals surface area contributed by atoms with E-state index in [1.54, 1.807) is 48.8 Å². The van der Waals surface area contributed by atoms with Crippen LogP contribution >= 0.6 is 23.2 Å². The van der Waals surface area contributed by atoms with Crippen molar-refractivity contribution in [1.82, 2.24) is 29.9 Å². The molecule has 0 bridgehead atoms. The molecule has 3 aromatic carbocycles. The summed E-state index contributed by atoms with van der Waals surface area (Å²) in [5, 5.41) is 11.2. The molecule has 210 valence electrons. The minimum absolute atomic E-state index is 0.163. The monoisotopic (exact) mass is 600 g/mol. The van der Waals surface area contributed by atoms with E-state index in [9.17, 15) is 14.4 Å². The molecule has 1 atom stereocenters. The van der Waals surface area contributed by atoms with Gasteiger partial charge in [0.25, 0.3) is 0 Å². The maximum atomic E-state index is 13.7. The number of fused-ring (bicyclic) bond motifs is 1. The Hall–Kier alpha value is -4.87. The largest absolute Gasteiger partial charge is 0.324 e. The first-order chi connectivity index (χ1) is 20.4. The molecule has 13 heteroatoms. The molecule has 1 fully saturated rings. The summed E-state index contributed by atoms with van der Waals surface area (Å²) in [5.74, 6) is -1.23. The number of hydrogen-bond donors (Lipinski definition) is 1. The molecule has 1 unspecified atom stereocenters. The molecule has 5 aromatic rings. The molecule has 3 heterocycles. The van der Waals surface area contributed by atoms with Crippen LogP contribution in [-0.2, 0) is 20.8 Å². The Bertz CT molecular complexity index is 1810. The lowest BCUT2D eigenvalue weighted by molar-refractivity contribution is -0.143. The summed E-state index contributed by atoms with van der Waals surface area (Å²) in [6, 6.07) is 18.4. The topological polar surface area (TPSA) is 126 Å². The molecule has 3 amide bonds. The Morgan fingerprint density at radius 2 is 1.67 bits per heavy atom. The third-order valence-corrected chi connectivity index (χ3v) is 7.26. The first-order valence-corrected chi connectivity index (χ1v) is 13.6. The molecular weight excluding hydrogens is 579 g/mol. The number of benzene rings is 3. The van der Waals surface area contributed by atoms with Gasteiger partial charge in [-0.1, -0.05) is 58.7 Å². The van der Waals surface area contributed by atoms with Gasteiger partial charge in [-0.2, -0.15) is 0 Å². The van der Waals surface area contributed by atoms with Crippen molar-refractivity contribution >= 4 is 63.3 Å². The van der Waals surface area contributed by atoms with E-state index in [0.717, 1.165) is 5.56 Å². The molecule has 42 heavy (non-hydrogen) atoms. The second kappa shape index (κ2) is 11.6. The Kier molecular flexibility index (Phi) is 7.51. The fourth-order valence-corrected chi connectivity index (χ4v) is 5.15. The highest BCUT2D eigenvalue weighted by Crippen LogP contribution is 2.30. The number of halogens is 2. The van der Waals surface area contributed by atoms with Gasteiger partial charge >= 0.3 is 0 Å². The van der Waals surface area contributed by atoms with Gasteiger partial charge in [0.2, 0.25) is 17.7 Å². The van der Waals surface area contributed by atoms with Crippen molar-refractivity contribution in [3.05, 3.63) is 101 Å². The Morgan fingerprint density at radius 3 is 2.43 bits per heavy atom. The Labute approximate surface area is 249 Å². The third-order valence-electron chi connectivity index (χ3n) is 6.85. The van der Waals surface area contributed by atoms with E-state index in [1.807, 2.05) is 30.3 Å². The van der Waals surface area contributed by atoms with Crippen LogP contribution in [0.2, 0.25) is 10.2 Å². The number of hydrogen-bond acceptors (Lipinski definition) is 7. The fourth-order valence-electron chi connectivity index (χ4n) is 4.85. The SMILES string of the molecule is O=C(Nc1ccc2nccnc2c1)C(Cc1ccccc1)N1CC(=O)N(c2cc(Cl)ccc2-n2cc(Cl)nn2)CC1=O. The van der Waals surface area contributed by atoms with Crippen LogP contribution in [0.5, 0.6) is 0 Å². The van der Waals surface area contributed by atoms with Crippen molar-refractivity contribution in [3.8, 4) is 5.69 Å². The molecule has 0 aliphatic carbocycles. The van der Waals surface area contributed by atoms with Crippen LogP contribution < -0.4 is 10.2 Å². The summed E-state index contributed by atoms with van der Waals surface area (Å²) < 4.78 is 1.40. The van der Waals surface area contributed by atoms with Crippen LogP contribution in [0.1, 0.15) is 5.56 Å². The highest BCUT2D eigenvalue weighted by Gasteiger charge is 2.39. The van der Waals surface area contributed by atoms with Gasteiger partial charge in [0.1, 0.15) is 19.1 Å². The van der Waals surface area contributed by atoms with E-state index in [4.69, 9.17) is 23.2 Å². The van der Waals surface area contributed by atoms with Gasteiger partial charge in [0, 0.05) is 29.5 Å². The van der Waals surface area contributed by atoms with Crippen molar-refractivity contribution in [2.45, 2.75) is 12.5 Å². The zero-order valence-electron chi connectivity index (χ0n) is 21.9. The van der Waals surface area contributed by atoms with Gasteiger partial charge < -0.3 is 10.2 Å². The standard InChI is InChI=1S/C29H22Cl2N8O3/c30-19-6-9-23(39-15-26(31)35-36-39)24(13-19)37-16-28(41)38(17-27(37)40)25(12-18-4-2-1-3-5-18)29(42)34-20-7-8-21-22(14-20)33-11-10-32-21/h1-11,13-15,25H,12,16-17H2,(H,34,42). The zero-order valence-corrected chi connectivity index (χ0v) is 23.4. The van der Waals surface area contributed by atoms with Gasteiger partial charge in [-0.25, -0.2) is 4.68 Å². The van der Waals surface area contributed by atoms with Crippen LogP contribution in [0.4, 0.5) is 11.4 Å². The summed E-state index contributed by atoms with van der Waals surface area (Å²) in [5.41, 5.74) is 3.46. The van der Waals surface area contributed by atoms with Gasteiger partial charge in [-0.05, 0) is 42.0 Å². The predicted octanol–water partition coefficient (Wildman–Crippen LogP) is 3.94. The number of piperazine rings is 1. The number of anilines is 2. The van der Waals surface area contributed by atoms with E-state index >= 15 is 0 Å². The number of rotatable bonds is 7. The third kappa shape index (κ3) is 5.65. The van der Waals surface area contributed by atoms with Gasteiger partial charge in [0.15, 0.2) is 5.15 Å². The molecule has 1 aliphatic heterocycles. The molecule has 0 radical (unpaired) electrons. The summed E-state index contributed by atoms with van der Waals surface area (Å²) in [4.78, 5) is 52.2. The number of nitrogens with zero attached hydrogens (tertiary/aromatic N) is 7. The number of carbonyl (C=O) groups is 3. The fraction of sp³-hybridized carbons (Fsp3) is 0.138. The number of amides is 3. The normalized spacial score (nSPS) is 14.3. The molecule has 1 aliphatic rings.